The summed E-state index contributed by atoms with van der Waals surface area (Å²) in [6.45, 7) is 0.236. The van der Waals surface area contributed by atoms with Crippen molar-refractivity contribution in [3.05, 3.63) is 40.4 Å². The van der Waals surface area contributed by atoms with Crippen LogP contribution in [0.3, 0.4) is 0 Å². The summed E-state index contributed by atoms with van der Waals surface area (Å²) in [5, 5.41) is 8.70. The molecule has 4 nitrogen and oxygen atoms in total. The second-order valence-corrected chi connectivity index (χ2v) is 3.60. The summed E-state index contributed by atoms with van der Waals surface area (Å²) in [7, 11) is 0. The van der Waals surface area contributed by atoms with E-state index in [0.717, 1.165) is 12.1 Å². The molecule has 1 N–H and O–H groups in total. The average Bonchev–Trinajstić information content (AvgIpc) is 2.31. The number of benzene rings is 1. The normalized spacial score (nSPS) is 11.0. The Morgan fingerprint density at radius 3 is 2.71 bits per heavy atom. The number of aromatic nitrogens is 2. The van der Waals surface area contributed by atoms with E-state index in [4.69, 9.17) is 5.11 Å². The van der Waals surface area contributed by atoms with Crippen molar-refractivity contribution in [1.82, 2.24) is 9.55 Å². The highest BCUT2D eigenvalue weighted by Gasteiger charge is 2.09. The van der Waals surface area contributed by atoms with Crippen LogP contribution in [0.5, 0.6) is 0 Å². The molecule has 0 saturated carbocycles. The van der Waals surface area contributed by atoms with Gasteiger partial charge in [0, 0.05) is 19.2 Å². The minimum absolute atomic E-state index is 0.0318. The second-order valence-electron chi connectivity index (χ2n) is 3.60. The van der Waals surface area contributed by atoms with E-state index in [0.29, 0.717) is 6.42 Å². The molecule has 0 amide bonds. The van der Waals surface area contributed by atoms with Gasteiger partial charge in [0.2, 0.25) is 0 Å². The molecule has 0 radical (unpaired) electrons. The van der Waals surface area contributed by atoms with Gasteiger partial charge in [-0.25, -0.2) is 13.8 Å². The monoisotopic (exact) mass is 240 g/mol. The molecular formula is C11H10F2N2O2. The third-order valence-corrected chi connectivity index (χ3v) is 2.42. The first-order valence-electron chi connectivity index (χ1n) is 5.08. The van der Waals surface area contributed by atoms with Crippen LogP contribution in [0.2, 0.25) is 0 Å². The Labute approximate surface area is 95.1 Å². The van der Waals surface area contributed by atoms with Gasteiger partial charge in [0.25, 0.3) is 5.56 Å². The third-order valence-electron chi connectivity index (χ3n) is 2.42. The first-order valence-corrected chi connectivity index (χ1v) is 5.08. The zero-order valence-electron chi connectivity index (χ0n) is 8.86. The number of aliphatic hydroxyl groups is 1. The van der Waals surface area contributed by atoms with Crippen LogP contribution in [0.15, 0.2) is 23.3 Å². The zero-order chi connectivity index (χ0) is 12.4. The number of hydrogen-bond donors (Lipinski definition) is 1. The van der Waals surface area contributed by atoms with Gasteiger partial charge < -0.3 is 5.11 Å². The molecule has 0 atom stereocenters. The molecule has 1 aromatic heterocycles. The van der Waals surface area contributed by atoms with Crippen LogP contribution in [0.4, 0.5) is 8.78 Å². The van der Waals surface area contributed by atoms with E-state index < -0.39 is 17.2 Å². The molecule has 0 aliphatic carbocycles. The van der Waals surface area contributed by atoms with Crippen molar-refractivity contribution in [3.63, 3.8) is 0 Å². The van der Waals surface area contributed by atoms with Gasteiger partial charge in [-0.3, -0.25) is 9.36 Å². The van der Waals surface area contributed by atoms with Crippen LogP contribution in [0.25, 0.3) is 10.9 Å². The maximum atomic E-state index is 13.0. The highest BCUT2D eigenvalue weighted by molar-refractivity contribution is 5.77. The number of fused-ring (bicyclic) bond motifs is 1. The predicted molar refractivity (Wildman–Crippen MR) is 57.6 cm³/mol. The minimum atomic E-state index is -1.07. The van der Waals surface area contributed by atoms with Crippen molar-refractivity contribution in [2.24, 2.45) is 0 Å². The molecule has 0 bridgehead atoms. The van der Waals surface area contributed by atoms with Gasteiger partial charge in [-0.05, 0) is 12.5 Å². The van der Waals surface area contributed by atoms with Crippen LogP contribution in [-0.4, -0.2) is 21.3 Å². The minimum Gasteiger partial charge on any atom is -0.396 e. The fourth-order valence-corrected chi connectivity index (χ4v) is 1.55. The van der Waals surface area contributed by atoms with Crippen LogP contribution in [0, 0.1) is 11.6 Å². The van der Waals surface area contributed by atoms with E-state index in [9.17, 15) is 13.6 Å². The van der Waals surface area contributed by atoms with Crippen LogP contribution >= 0.6 is 0 Å². The quantitative estimate of drug-likeness (QED) is 0.872. The highest BCUT2D eigenvalue weighted by atomic mass is 19.2. The fraction of sp³-hybridized carbons (Fsp3) is 0.273. The molecular weight excluding hydrogens is 230 g/mol. The molecule has 90 valence electrons. The maximum Gasteiger partial charge on any atom is 0.261 e. The van der Waals surface area contributed by atoms with Crippen molar-refractivity contribution in [2.75, 3.05) is 6.61 Å². The highest BCUT2D eigenvalue weighted by Crippen LogP contribution is 2.12. The topological polar surface area (TPSA) is 55.1 Å². The Morgan fingerprint density at radius 1 is 1.29 bits per heavy atom. The van der Waals surface area contributed by atoms with Crippen LogP contribution in [0.1, 0.15) is 6.42 Å². The van der Waals surface area contributed by atoms with E-state index in [2.05, 4.69) is 4.98 Å². The average molecular weight is 240 g/mol. The number of aliphatic hydroxyl groups excluding tert-OH is 1. The summed E-state index contributed by atoms with van der Waals surface area (Å²) < 4.78 is 27.2. The van der Waals surface area contributed by atoms with Gasteiger partial charge >= 0.3 is 0 Å². The standard InChI is InChI=1S/C11H10F2N2O2/c12-8-4-7-10(5-9(8)13)14-6-15(11(7)17)2-1-3-16/h4-6,16H,1-3H2. The van der Waals surface area contributed by atoms with E-state index in [1.54, 1.807) is 0 Å². The molecule has 0 aliphatic heterocycles. The van der Waals surface area contributed by atoms with Gasteiger partial charge in [0.15, 0.2) is 11.6 Å². The Hall–Kier alpha value is -1.82. The number of halogens is 2. The van der Waals surface area contributed by atoms with Gasteiger partial charge in [0.05, 0.1) is 17.2 Å². The van der Waals surface area contributed by atoms with Crippen LogP contribution in [-0.2, 0) is 6.54 Å². The molecule has 6 heteroatoms. The number of rotatable bonds is 3. The lowest BCUT2D eigenvalue weighted by Crippen LogP contribution is -2.21. The molecule has 1 aromatic carbocycles. The fourth-order valence-electron chi connectivity index (χ4n) is 1.55. The van der Waals surface area contributed by atoms with Crippen LogP contribution < -0.4 is 5.56 Å². The molecule has 0 unspecified atom stereocenters. The number of aryl methyl sites for hydroxylation is 1. The zero-order valence-corrected chi connectivity index (χ0v) is 8.86. The van der Waals surface area contributed by atoms with Gasteiger partial charge in [-0.15, -0.1) is 0 Å². The summed E-state index contributed by atoms with van der Waals surface area (Å²) in [6, 6.07) is 1.73. The molecule has 17 heavy (non-hydrogen) atoms. The Bertz CT molecular complexity index is 610. The molecule has 0 aliphatic rings. The first kappa shape index (κ1) is 11.7. The van der Waals surface area contributed by atoms with E-state index >= 15 is 0 Å². The van der Waals surface area contributed by atoms with E-state index in [1.165, 1.54) is 10.9 Å². The van der Waals surface area contributed by atoms with Crippen molar-refractivity contribution in [2.45, 2.75) is 13.0 Å². The number of nitrogens with zero attached hydrogens (tertiary/aromatic N) is 2. The Kier molecular flexibility index (Phi) is 3.14. The molecule has 2 aromatic rings. The lowest BCUT2D eigenvalue weighted by atomic mass is 10.2. The predicted octanol–water partition coefficient (Wildman–Crippen LogP) is 1.06. The molecule has 1 heterocycles. The summed E-state index contributed by atoms with van der Waals surface area (Å²) in [4.78, 5) is 15.7. The van der Waals surface area contributed by atoms with Crippen molar-refractivity contribution < 1.29 is 13.9 Å². The van der Waals surface area contributed by atoms with Crippen molar-refractivity contribution >= 4 is 10.9 Å². The molecule has 0 saturated heterocycles. The van der Waals surface area contributed by atoms with Crippen molar-refractivity contribution in [1.29, 1.82) is 0 Å². The summed E-state index contributed by atoms with van der Waals surface area (Å²) in [6.07, 6.45) is 1.66. The number of hydrogen-bond acceptors (Lipinski definition) is 3. The maximum absolute atomic E-state index is 13.0. The Balaban J connectivity index is 2.59. The van der Waals surface area contributed by atoms with Gasteiger partial charge in [0.1, 0.15) is 0 Å². The largest absolute Gasteiger partial charge is 0.396 e. The molecule has 0 spiro atoms. The van der Waals surface area contributed by atoms with Gasteiger partial charge in [-0.2, -0.15) is 0 Å². The third kappa shape index (κ3) is 2.16. The lowest BCUT2D eigenvalue weighted by molar-refractivity contribution is 0.279. The van der Waals surface area contributed by atoms with E-state index in [1.807, 2.05) is 0 Å². The second kappa shape index (κ2) is 4.58. The SMILES string of the molecule is O=c1c2cc(F)c(F)cc2ncn1CCCO. The first-order chi connectivity index (χ1) is 8.13. The van der Waals surface area contributed by atoms with Crippen molar-refractivity contribution in [3.8, 4) is 0 Å². The smallest absolute Gasteiger partial charge is 0.261 e. The van der Waals surface area contributed by atoms with Gasteiger partial charge in [-0.1, -0.05) is 0 Å². The summed E-state index contributed by atoms with van der Waals surface area (Å²) in [5.74, 6) is -2.10. The molecule has 0 fully saturated rings. The lowest BCUT2D eigenvalue weighted by Gasteiger charge is -2.05. The molecule has 2 rings (SSSR count). The summed E-state index contributed by atoms with van der Waals surface area (Å²) >= 11 is 0. The summed E-state index contributed by atoms with van der Waals surface area (Å²) in [5.41, 5.74) is -0.323. The van der Waals surface area contributed by atoms with E-state index in [-0.39, 0.29) is 24.1 Å². The Morgan fingerprint density at radius 2 is 2.00 bits per heavy atom.